The summed E-state index contributed by atoms with van der Waals surface area (Å²) in [6, 6.07) is 12.9. The van der Waals surface area contributed by atoms with Crippen molar-refractivity contribution in [3.8, 4) is 0 Å². The van der Waals surface area contributed by atoms with Crippen molar-refractivity contribution in [3.63, 3.8) is 0 Å². The van der Waals surface area contributed by atoms with Crippen LogP contribution < -0.4 is 0 Å². The first-order valence-electron chi connectivity index (χ1n) is 6.31. The number of hydrogen-bond acceptors (Lipinski definition) is 3. The van der Waals surface area contributed by atoms with Gasteiger partial charge in [0.25, 0.3) is 0 Å². The minimum absolute atomic E-state index is 0.134. The zero-order valence-corrected chi connectivity index (χ0v) is 13.9. The minimum Gasteiger partial charge on any atom is -0.271 e. The molecule has 2 rings (SSSR count). The van der Waals surface area contributed by atoms with E-state index in [4.69, 9.17) is 23.2 Å². The number of rotatable bonds is 5. The monoisotopic (exact) mass is 353 g/mol. The highest BCUT2D eigenvalue weighted by molar-refractivity contribution is 7.91. The Bertz CT molecular complexity index is 815. The van der Waals surface area contributed by atoms with Crippen LogP contribution >= 0.6 is 23.2 Å². The van der Waals surface area contributed by atoms with Gasteiger partial charge in [0.05, 0.1) is 14.8 Å². The molecule has 0 saturated heterocycles. The molecule has 0 aliphatic heterocycles. The topological polar surface area (TPSA) is 46.5 Å². The van der Waals surface area contributed by atoms with Crippen LogP contribution in [0.1, 0.15) is 11.1 Å². The second-order valence-corrected chi connectivity index (χ2v) is 7.05. The van der Waals surface area contributed by atoms with Gasteiger partial charge in [-0.05, 0) is 42.1 Å². The summed E-state index contributed by atoms with van der Waals surface area (Å²) in [6.45, 7) is 3.34. The van der Waals surface area contributed by atoms with Crippen molar-refractivity contribution in [2.24, 2.45) is 4.99 Å². The first-order chi connectivity index (χ1) is 10.5. The molecule has 0 atom stereocenters. The highest BCUT2D eigenvalue weighted by atomic mass is 35.5. The fourth-order valence-electron chi connectivity index (χ4n) is 1.97. The van der Waals surface area contributed by atoms with Gasteiger partial charge in [-0.3, -0.25) is 4.99 Å². The zero-order chi connectivity index (χ0) is 16.2. The smallest absolute Gasteiger partial charge is 0.206 e. The van der Waals surface area contributed by atoms with E-state index in [-0.39, 0.29) is 15.7 Å². The molecular weight excluding hydrogens is 341 g/mol. The minimum atomic E-state index is -3.58. The first-order valence-corrected chi connectivity index (χ1v) is 8.71. The van der Waals surface area contributed by atoms with Crippen molar-refractivity contribution >= 4 is 44.8 Å². The van der Waals surface area contributed by atoms with Crippen LogP contribution in [0.2, 0.25) is 0 Å². The van der Waals surface area contributed by atoms with E-state index in [1.54, 1.807) is 36.4 Å². The molecule has 6 heteroatoms. The summed E-state index contributed by atoms with van der Waals surface area (Å²) in [4.78, 5) is 4.01. The van der Waals surface area contributed by atoms with E-state index in [0.717, 1.165) is 0 Å². The van der Waals surface area contributed by atoms with Gasteiger partial charge in [0.1, 0.15) is 0 Å². The normalized spacial score (nSPS) is 12.2. The largest absolute Gasteiger partial charge is 0.271 e. The number of benzene rings is 2. The van der Waals surface area contributed by atoms with Crippen LogP contribution in [0.15, 0.2) is 69.5 Å². The molecule has 0 radical (unpaired) electrons. The SMILES string of the molecule is C=N/C=C(\Cl)c1ccc(S(=O)(=O)c2ccccc2)cc1CCl. The zero-order valence-electron chi connectivity index (χ0n) is 11.5. The lowest BCUT2D eigenvalue weighted by atomic mass is 10.1. The number of halogens is 2. The van der Waals surface area contributed by atoms with Gasteiger partial charge in [0, 0.05) is 12.1 Å². The van der Waals surface area contributed by atoms with Crippen molar-refractivity contribution in [2.75, 3.05) is 0 Å². The van der Waals surface area contributed by atoms with Crippen LogP contribution in [0.5, 0.6) is 0 Å². The maximum Gasteiger partial charge on any atom is 0.206 e. The van der Waals surface area contributed by atoms with E-state index in [1.807, 2.05) is 0 Å². The van der Waals surface area contributed by atoms with Crippen LogP contribution in [0.3, 0.4) is 0 Å². The number of sulfone groups is 1. The molecule has 0 spiro atoms. The number of nitrogens with zero attached hydrogens (tertiary/aromatic N) is 1. The van der Waals surface area contributed by atoms with Crippen molar-refractivity contribution in [3.05, 3.63) is 65.9 Å². The summed E-state index contributed by atoms with van der Waals surface area (Å²) in [5.74, 6) is 0.134. The molecule has 0 aliphatic carbocycles. The summed E-state index contributed by atoms with van der Waals surface area (Å²) in [5, 5.41) is 0.356. The summed E-state index contributed by atoms with van der Waals surface area (Å²) in [5.41, 5.74) is 1.25. The number of hydrogen-bond donors (Lipinski definition) is 0. The van der Waals surface area contributed by atoms with E-state index in [2.05, 4.69) is 11.7 Å². The van der Waals surface area contributed by atoms with Crippen molar-refractivity contribution in [1.82, 2.24) is 0 Å². The fourth-order valence-corrected chi connectivity index (χ4v) is 3.77. The van der Waals surface area contributed by atoms with Gasteiger partial charge in [-0.1, -0.05) is 35.9 Å². The van der Waals surface area contributed by atoms with Gasteiger partial charge >= 0.3 is 0 Å². The van der Waals surface area contributed by atoms with Crippen LogP contribution in [0.4, 0.5) is 0 Å². The third-order valence-corrected chi connectivity index (χ3v) is 5.40. The molecule has 114 valence electrons. The van der Waals surface area contributed by atoms with Gasteiger partial charge in [0.2, 0.25) is 9.84 Å². The Balaban J connectivity index is 2.55. The Morgan fingerprint density at radius 3 is 2.41 bits per heavy atom. The molecule has 0 fully saturated rings. The lowest BCUT2D eigenvalue weighted by Gasteiger charge is -2.10. The van der Waals surface area contributed by atoms with Crippen LogP contribution in [-0.4, -0.2) is 15.1 Å². The second kappa shape index (κ2) is 7.09. The highest BCUT2D eigenvalue weighted by Crippen LogP contribution is 2.29. The van der Waals surface area contributed by atoms with E-state index >= 15 is 0 Å². The third kappa shape index (κ3) is 3.40. The van der Waals surface area contributed by atoms with Gasteiger partial charge in [-0.25, -0.2) is 8.42 Å². The standard InChI is InChI=1S/C16H13Cl2NO2S/c1-19-11-16(18)15-8-7-14(9-12(15)10-17)22(20,21)13-5-3-2-4-6-13/h2-9,11H,1,10H2/b16-11-. The second-order valence-electron chi connectivity index (χ2n) is 4.43. The molecule has 0 saturated carbocycles. The van der Waals surface area contributed by atoms with E-state index in [9.17, 15) is 8.42 Å². The Morgan fingerprint density at radius 1 is 1.14 bits per heavy atom. The molecule has 2 aromatic carbocycles. The Labute approximate surface area is 139 Å². The van der Waals surface area contributed by atoms with Crippen molar-refractivity contribution in [1.29, 1.82) is 0 Å². The molecule has 0 amide bonds. The summed E-state index contributed by atoms with van der Waals surface area (Å²) >= 11 is 12.0. The molecule has 2 aromatic rings. The Hall–Kier alpha value is -1.62. The Morgan fingerprint density at radius 2 is 1.82 bits per heavy atom. The van der Waals surface area contributed by atoms with Crippen LogP contribution in [0.25, 0.3) is 5.03 Å². The first kappa shape index (κ1) is 16.7. The van der Waals surface area contributed by atoms with Crippen molar-refractivity contribution in [2.45, 2.75) is 15.7 Å². The summed E-state index contributed by atoms with van der Waals surface area (Å²) in [6.07, 6.45) is 1.39. The van der Waals surface area contributed by atoms with Gasteiger partial charge in [-0.2, -0.15) is 0 Å². The predicted molar refractivity (Wildman–Crippen MR) is 91.3 cm³/mol. The lowest BCUT2D eigenvalue weighted by molar-refractivity contribution is 0.596. The van der Waals surface area contributed by atoms with Crippen LogP contribution in [0, 0.1) is 0 Å². The van der Waals surface area contributed by atoms with E-state index < -0.39 is 9.84 Å². The predicted octanol–water partition coefficient (Wildman–Crippen LogP) is 4.50. The molecule has 3 nitrogen and oxygen atoms in total. The molecule has 22 heavy (non-hydrogen) atoms. The number of aliphatic imine (C=N–C) groups is 1. The molecule has 0 bridgehead atoms. The molecule has 0 aromatic heterocycles. The molecule has 0 N–H and O–H groups in total. The van der Waals surface area contributed by atoms with Crippen molar-refractivity contribution < 1.29 is 8.42 Å². The molecule has 0 unspecified atom stereocenters. The van der Waals surface area contributed by atoms with Gasteiger partial charge < -0.3 is 0 Å². The van der Waals surface area contributed by atoms with E-state index in [0.29, 0.717) is 16.2 Å². The average molecular weight is 354 g/mol. The summed E-state index contributed by atoms with van der Waals surface area (Å²) < 4.78 is 25.2. The van der Waals surface area contributed by atoms with Crippen LogP contribution in [-0.2, 0) is 15.7 Å². The fraction of sp³-hybridized carbons (Fsp3) is 0.0625. The maximum absolute atomic E-state index is 12.6. The third-order valence-electron chi connectivity index (χ3n) is 3.05. The lowest BCUT2D eigenvalue weighted by Crippen LogP contribution is -2.03. The average Bonchev–Trinajstić information content (AvgIpc) is 2.55. The number of alkyl halides is 1. The van der Waals surface area contributed by atoms with E-state index in [1.165, 1.54) is 18.3 Å². The summed E-state index contributed by atoms with van der Waals surface area (Å²) in [7, 11) is -3.58. The van der Waals surface area contributed by atoms with Gasteiger partial charge in [0.15, 0.2) is 0 Å². The molecular formula is C16H13Cl2NO2S. The van der Waals surface area contributed by atoms with Gasteiger partial charge in [-0.15, -0.1) is 11.6 Å². The molecule has 0 aliphatic rings. The maximum atomic E-state index is 12.6. The molecule has 0 heterocycles. The quantitative estimate of drug-likeness (QED) is 0.586. The Kier molecular flexibility index (Phi) is 5.40. The highest BCUT2D eigenvalue weighted by Gasteiger charge is 2.19.